The van der Waals surface area contributed by atoms with Crippen LogP contribution in [-0.4, -0.2) is 18.8 Å². The van der Waals surface area contributed by atoms with Crippen LogP contribution < -0.4 is 5.32 Å². The van der Waals surface area contributed by atoms with Crippen molar-refractivity contribution in [1.29, 1.82) is 0 Å². The SMILES string of the molecule is COC1([C@@H](C)N[C@H](C)c2cccc3ccccc23)C=CC=CC1. The van der Waals surface area contributed by atoms with Crippen molar-refractivity contribution >= 4 is 10.8 Å². The minimum absolute atomic E-state index is 0.211. The van der Waals surface area contributed by atoms with Crippen molar-refractivity contribution in [2.24, 2.45) is 0 Å². The molecular formula is C21H25NO. The average molecular weight is 307 g/mol. The van der Waals surface area contributed by atoms with Crippen LogP contribution in [0.25, 0.3) is 10.8 Å². The van der Waals surface area contributed by atoms with Crippen molar-refractivity contribution in [2.75, 3.05) is 7.11 Å². The molecular weight excluding hydrogens is 282 g/mol. The molecule has 2 nitrogen and oxygen atoms in total. The number of rotatable bonds is 5. The molecule has 0 fully saturated rings. The molecule has 23 heavy (non-hydrogen) atoms. The Morgan fingerprint density at radius 2 is 1.83 bits per heavy atom. The molecule has 0 saturated heterocycles. The van der Waals surface area contributed by atoms with Gasteiger partial charge in [-0.05, 0) is 36.6 Å². The highest BCUT2D eigenvalue weighted by molar-refractivity contribution is 5.86. The molecule has 3 rings (SSSR count). The maximum absolute atomic E-state index is 5.86. The number of fused-ring (bicyclic) bond motifs is 1. The highest BCUT2D eigenvalue weighted by atomic mass is 16.5. The summed E-state index contributed by atoms with van der Waals surface area (Å²) in [5.41, 5.74) is 1.06. The Hall–Kier alpha value is -1.90. The van der Waals surface area contributed by atoms with Crippen molar-refractivity contribution in [1.82, 2.24) is 5.32 Å². The van der Waals surface area contributed by atoms with Gasteiger partial charge in [0.1, 0.15) is 5.60 Å². The predicted octanol–water partition coefficient (Wildman–Crippen LogP) is 4.78. The van der Waals surface area contributed by atoms with Gasteiger partial charge >= 0.3 is 0 Å². The van der Waals surface area contributed by atoms with Gasteiger partial charge in [0.25, 0.3) is 0 Å². The summed E-state index contributed by atoms with van der Waals surface area (Å²) in [5.74, 6) is 0. The van der Waals surface area contributed by atoms with Gasteiger partial charge in [-0.1, -0.05) is 66.8 Å². The first kappa shape index (κ1) is 16.0. The molecule has 2 heteroatoms. The largest absolute Gasteiger partial charge is 0.372 e. The fourth-order valence-corrected chi connectivity index (χ4v) is 3.50. The van der Waals surface area contributed by atoms with E-state index >= 15 is 0 Å². The number of methoxy groups -OCH3 is 1. The van der Waals surface area contributed by atoms with Crippen molar-refractivity contribution in [3.8, 4) is 0 Å². The van der Waals surface area contributed by atoms with Crippen LogP contribution in [0.3, 0.4) is 0 Å². The van der Waals surface area contributed by atoms with E-state index in [0.29, 0.717) is 0 Å². The first-order chi connectivity index (χ1) is 11.2. The van der Waals surface area contributed by atoms with E-state index < -0.39 is 0 Å². The zero-order valence-corrected chi connectivity index (χ0v) is 14.1. The summed E-state index contributed by atoms with van der Waals surface area (Å²) in [6.07, 6.45) is 9.40. The van der Waals surface area contributed by atoms with E-state index in [-0.39, 0.29) is 17.7 Å². The molecule has 3 atom stereocenters. The summed E-state index contributed by atoms with van der Waals surface area (Å²) < 4.78 is 5.86. The van der Waals surface area contributed by atoms with Crippen LogP contribution in [0.1, 0.15) is 31.9 Å². The second kappa shape index (κ2) is 6.69. The number of ether oxygens (including phenoxy) is 1. The Bertz CT molecular complexity index is 728. The minimum Gasteiger partial charge on any atom is -0.372 e. The zero-order valence-electron chi connectivity index (χ0n) is 14.1. The summed E-state index contributed by atoms with van der Waals surface area (Å²) in [4.78, 5) is 0. The quantitative estimate of drug-likeness (QED) is 0.858. The van der Waals surface area contributed by atoms with E-state index in [9.17, 15) is 0 Å². The second-order valence-electron chi connectivity index (χ2n) is 6.33. The van der Waals surface area contributed by atoms with Gasteiger partial charge in [0.15, 0.2) is 0 Å². The third-order valence-corrected chi connectivity index (χ3v) is 4.97. The lowest BCUT2D eigenvalue weighted by Gasteiger charge is -2.38. The first-order valence-corrected chi connectivity index (χ1v) is 8.29. The third kappa shape index (κ3) is 3.10. The van der Waals surface area contributed by atoms with Crippen LogP contribution in [0.4, 0.5) is 0 Å². The van der Waals surface area contributed by atoms with Crippen LogP contribution in [-0.2, 0) is 4.74 Å². The molecule has 2 aromatic rings. The topological polar surface area (TPSA) is 21.3 Å². The van der Waals surface area contributed by atoms with Crippen molar-refractivity contribution in [3.05, 3.63) is 72.3 Å². The van der Waals surface area contributed by atoms with Gasteiger partial charge in [-0.15, -0.1) is 0 Å². The highest BCUT2D eigenvalue weighted by Gasteiger charge is 2.34. The molecule has 1 unspecified atom stereocenters. The van der Waals surface area contributed by atoms with Gasteiger partial charge in [0.2, 0.25) is 0 Å². The third-order valence-electron chi connectivity index (χ3n) is 4.97. The lowest BCUT2D eigenvalue weighted by molar-refractivity contribution is 0.00331. The van der Waals surface area contributed by atoms with Gasteiger partial charge in [0.05, 0.1) is 0 Å². The summed E-state index contributed by atoms with van der Waals surface area (Å²) in [6, 6.07) is 15.5. The Morgan fingerprint density at radius 1 is 1.04 bits per heavy atom. The molecule has 1 aliphatic rings. The van der Waals surface area contributed by atoms with Crippen LogP contribution in [0.5, 0.6) is 0 Å². The fraction of sp³-hybridized carbons (Fsp3) is 0.333. The van der Waals surface area contributed by atoms with Gasteiger partial charge in [-0.25, -0.2) is 0 Å². The fourth-order valence-electron chi connectivity index (χ4n) is 3.50. The standard InChI is InChI=1S/C21H25NO/c1-16(19-13-9-11-18-10-5-6-12-20(18)19)22-17(2)21(23-3)14-7-4-8-15-21/h4-14,16-17,22H,15H2,1-3H3/t16-,17-,21?/m1/s1. The molecule has 1 aliphatic carbocycles. The molecule has 0 aromatic heterocycles. The number of benzene rings is 2. The molecule has 0 amide bonds. The summed E-state index contributed by atoms with van der Waals surface area (Å²) in [5, 5.41) is 6.34. The van der Waals surface area contributed by atoms with E-state index in [2.05, 4.69) is 85.9 Å². The molecule has 2 aromatic carbocycles. The van der Waals surface area contributed by atoms with Crippen LogP contribution in [0, 0.1) is 0 Å². The maximum Gasteiger partial charge on any atom is 0.105 e. The second-order valence-corrected chi connectivity index (χ2v) is 6.33. The number of allylic oxidation sites excluding steroid dienone is 2. The summed E-state index contributed by atoms with van der Waals surface area (Å²) in [6.45, 7) is 4.43. The first-order valence-electron chi connectivity index (χ1n) is 8.29. The van der Waals surface area contributed by atoms with Crippen LogP contribution in [0.15, 0.2) is 66.8 Å². The average Bonchev–Trinajstić information content (AvgIpc) is 2.61. The number of nitrogens with one attached hydrogen (secondary N) is 1. The molecule has 0 spiro atoms. The molecule has 120 valence electrons. The van der Waals surface area contributed by atoms with Crippen LogP contribution >= 0.6 is 0 Å². The van der Waals surface area contributed by atoms with Gasteiger partial charge in [-0.3, -0.25) is 0 Å². The van der Waals surface area contributed by atoms with Gasteiger partial charge in [0, 0.05) is 19.2 Å². The van der Waals surface area contributed by atoms with E-state index in [4.69, 9.17) is 4.74 Å². The minimum atomic E-state index is -0.270. The molecule has 0 aliphatic heterocycles. The Balaban J connectivity index is 1.84. The lowest BCUT2D eigenvalue weighted by Crippen LogP contribution is -2.50. The molecule has 0 bridgehead atoms. The van der Waals surface area contributed by atoms with E-state index in [0.717, 1.165) is 6.42 Å². The number of hydrogen-bond acceptors (Lipinski definition) is 2. The van der Waals surface area contributed by atoms with Crippen molar-refractivity contribution in [3.63, 3.8) is 0 Å². The van der Waals surface area contributed by atoms with Crippen LogP contribution in [0.2, 0.25) is 0 Å². The summed E-state index contributed by atoms with van der Waals surface area (Å²) >= 11 is 0. The van der Waals surface area contributed by atoms with E-state index in [1.807, 2.05) is 0 Å². The smallest absolute Gasteiger partial charge is 0.105 e. The normalized spacial score (nSPS) is 23.1. The monoisotopic (exact) mass is 307 g/mol. The Kier molecular flexibility index (Phi) is 4.65. The molecule has 0 radical (unpaired) electrons. The molecule has 0 saturated carbocycles. The highest BCUT2D eigenvalue weighted by Crippen LogP contribution is 2.29. The molecule has 0 heterocycles. The Labute approximate surface area is 138 Å². The van der Waals surface area contributed by atoms with Crippen molar-refractivity contribution in [2.45, 2.75) is 38.0 Å². The predicted molar refractivity (Wildman–Crippen MR) is 97.6 cm³/mol. The Morgan fingerprint density at radius 3 is 2.57 bits per heavy atom. The van der Waals surface area contributed by atoms with Crippen molar-refractivity contribution < 1.29 is 4.74 Å². The van der Waals surface area contributed by atoms with E-state index in [1.54, 1.807) is 7.11 Å². The maximum atomic E-state index is 5.86. The van der Waals surface area contributed by atoms with E-state index in [1.165, 1.54) is 16.3 Å². The zero-order chi connectivity index (χ0) is 16.3. The van der Waals surface area contributed by atoms with Gasteiger partial charge in [-0.2, -0.15) is 0 Å². The lowest BCUT2D eigenvalue weighted by atomic mass is 9.87. The number of hydrogen-bond donors (Lipinski definition) is 1. The molecule has 1 N–H and O–H groups in total. The summed E-state index contributed by atoms with van der Waals surface area (Å²) in [7, 11) is 1.80. The van der Waals surface area contributed by atoms with Gasteiger partial charge < -0.3 is 10.1 Å².